The lowest BCUT2D eigenvalue weighted by molar-refractivity contribution is -0.137. The number of hydrogen-bond donors (Lipinski definition) is 2. The number of aliphatic hydroxyl groups is 1. The lowest BCUT2D eigenvalue weighted by Gasteiger charge is -2.41. The molecule has 1 aromatic rings. The van der Waals surface area contributed by atoms with Crippen LogP contribution in [0.3, 0.4) is 0 Å². The Balaban J connectivity index is 1.86. The van der Waals surface area contributed by atoms with Crippen molar-refractivity contribution in [2.24, 2.45) is 23.0 Å². The maximum atomic E-state index is 12.6. The highest BCUT2D eigenvalue weighted by Gasteiger charge is 2.54. The summed E-state index contributed by atoms with van der Waals surface area (Å²) in [5, 5.41) is 10.7. The molecule has 2 bridgehead atoms. The number of fused-ring (bicyclic) bond motifs is 2. The molecule has 3 rings (SSSR count). The Morgan fingerprint density at radius 3 is 2.33 bits per heavy atom. The first kappa shape index (κ1) is 14.9. The smallest absolute Gasteiger partial charge is 0.388 e. The van der Waals surface area contributed by atoms with Crippen molar-refractivity contribution in [3.63, 3.8) is 0 Å². The van der Waals surface area contributed by atoms with Gasteiger partial charge in [0.25, 0.3) is 0 Å². The summed E-state index contributed by atoms with van der Waals surface area (Å²) in [4.78, 5) is 0. The van der Waals surface area contributed by atoms with Crippen LogP contribution >= 0.6 is 0 Å². The third-order valence-electron chi connectivity index (χ3n) is 5.50. The van der Waals surface area contributed by atoms with Crippen LogP contribution in [0.15, 0.2) is 24.3 Å². The van der Waals surface area contributed by atoms with E-state index in [-0.39, 0.29) is 5.41 Å². The summed E-state index contributed by atoms with van der Waals surface area (Å²) < 4.78 is 37.8. The molecular formula is C16H20F3NO. The largest absolute Gasteiger partial charge is 0.416 e. The van der Waals surface area contributed by atoms with Gasteiger partial charge in [0.1, 0.15) is 0 Å². The van der Waals surface area contributed by atoms with Crippen molar-refractivity contribution >= 4 is 0 Å². The number of alkyl halides is 3. The normalized spacial score (nSPS) is 33.4. The standard InChI is InChI=1S/C16H20F3NO/c17-16(18,19)12-5-2-11(3-6-12)14(21)15(9-20)8-10-1-4-13(15)7-10/h2-3,5-6,10,13-14,21H,1,4,7-9,20H2. The SMILES string of the molecule is NCC1(C(O)c2ccc(C(F)(F)F)cc2)CC2CCC1C2. The Morgan fingerprint density at radius 2 is 1.90 bits per heavy atom. The van der Waals surface area contributed by atoms with Crippen molar-refractivity contribution < 1.29 is 18.3 Å². The van der Waals surface area contributed by atoms with Crippen LogP contribution in [0.2, 0.25) is 0 Å². The first-order chi connectivity index (χ1) is 9.87. The van der Waals surface area contributed by atoms with Gasteiger partial charge in [0.15, 0.2) is 0 Å². The van der Waals surface area contributed by atoms with E-state index in [1.165, 1.54) is 18.6 Å². The van der Waals surface area contributed by atoms with E-state index >= 15 is 0 Å². The van der Waals surface area contributed by atoms with E-state index in [4.69, 9.17) is 5.73 Å². The van der Waals surface area contributed by atoms with Gasteiger partial charge in [0.05, 0.1) is 11.7 Å². The zero-order valence-electron chi connectivity index (χ0n) is 11.7. The number of rotatable bonds is 3. The molecule has 3 N–H and O–H groups in total. The maximum Gasteiger partial charge on any atom is 0.416 e. The molecule has 5 heteroatoms. The van der Waals surface area contributed by atoms with Gasteiger partial charge in [-0.25, -0.2) is 0 Å². The topological polar surface area (TPSA) is 46.2 Å². The third-order valence-corrected chi connectivity index (χ3v) is 5.50. The molecule has 1 aromatic carbocycles. The highest BCUT2D eigenvalue weighted by atomic mass is 19.4. The molecule has 0 aliphatic heterocycles. The number of hydrogen-bond acceptors (Lipinski definition) is 2. The van der Waals surface area contributed by atoms with Gasteiger partial charge in [-0.05, 0) is 48.8 Å². The van der Waals surface area contributed by atoms with E-state index in [1.54, 1.807) is 0 Å². The first-order valence-electron chi connectivity index (χ1n) is 7.42. The molecule has 2 aliphatic rings. The van der Waals surface area contributed by atoms with Gasteiger partial charge in [-0.3, -0.25) is 0 Å². The molecule has 2 fully saturated rings. The molecule has 0 heterocycles. The third kappa shape index (κ3) is 2.36. The fourth-order valence-electron chi connectivity index (χ4n) is 4.37. The highest BCUT2D eigenvalue weighted by Crippen LogP contribution is 2.60. The average molecular weight is 299 g/mol. The fraction of sp³-hybridized carbons (Fsp3) is 0.625. The predicted molar refractivity (Wildman–Crippen MR) is 73.3 cm³/mol. The van der Waals surface area contributed by atoms with Crippen molar-refractivity contribution in [2.45, 2.75) is 38.0 Å². The second-order valence-electron chi connectivity index (χ2n) is 6.54. The van der Waals surface area contributed by atoms with Gasteiger partial charge in [-0.15, -0.1) is 0 Å². The van der Waals surface area contributed by atoms with Crippen LogP contribution in [0.25, 0.3) is 0 Å². The Hall–Kier alpha value is -1.07. The molecule has 0 radical (unpaired) electrons. The van der Waals surface area contributed by atoms with E-state index in [0.717, 1.165) is 31.4 Å². The van der Waals surface area contributed by atoms with Crippen LogP contribution in [-0.2, 0) is 6.18 Å². The average Bonchev–Trinajstić information content (AvgIpc) is 3.06. The Bertz CT molecular complexity index is 513. The molecular weight excluding hydrogens is 279 g/mol. The Morgan fingerprint density at radius 1 is 1.24 bits per heavy atom. The molecule has 116 valence electrons. The molecule has 2 nitrogen and oxygen atoms in total. The second kappa shape index (κ2) is 4.99. The van der Waals surface area contributed by atoms with Crippen LogP contribution in [0.4, 0.5) is 13.2 Å². The summed E-state index contributed by atoms with van der Waals surface area (Å²) in [6.45, 7) is 0.385. The summed E-state index contributed by atoms with van der Waals surface area (Å²) in [5.41, 5.74) is 5.45. The molecule has 4 atom stereocenters. The molecule has 4 unspecified atom stereocenters. The van der Waals surface area contributed by atoms with Crippen molar-refractivity contribution in [2.75, 3.05) is 6.54 Å². The Labute approximate surface area is 122 Å². The van der Waals surface area contributed by atoms with Crippen LogP contribution in [0.5, 0.6) is 0 Å². The van der Waals surface area contributed by atoms with Crippen LogP contribution in [0, 0.1) is 17.3 Å². The number of halogens is 3. The minimum absolute atomic E-state index is 0.358. The lowest BCUT2D eigenvalue weighted by Crippen LogP contribution is -2.41. The molecule has 2 saturated carbocycles. The molecule has 0 saturated heterocycles. The number of nitrogens with two attached hydrogens (primary N) is 1. The lowest BCUT2D eigenvalue weighted by atomic mass is 9.67. The van der Waals surface area contributed by atoms with E-state index in [0.29, 0.717) is 23.9 Å². The molecule has 0 amide bonds. The monoisotopic (exact) mass is 299 g/mol. The van der Waals surface area contributed by atoms with Crippen molar-refractivity contribution in [3.8, 4) is 0 Å². The van der Waals surface area contributed by atoms with E-state index in [9.17, 15) is 18.3 Å². The second-order valence-corrected chi connectivity index (χ2v) is 6.54. The van der Waals surface area contributed by atoms with Crippen molar-refractivity contribution in [3.05, 3.63) is 35.4 Å². The number of benzene rings is 1. The van der Waals surface area contributed by atoms with Gasteiger partial charge in [0.2, 0.25) is 0 Å². The summed E-state index contributed by atoms with van der Waals surface area (Å²) in [5.74, 6) is 1.01. The summed E-state index contributed by atoms with van der Waals surface area (Å²) in [6.07, 6.45) is -0.890. The zero-order chi connectivity index (χ0) is 15.3. The fourth-order valence-corrected chi connectivity index (χ4v) is 4.37. The molecule has 21 heavy (non-hydrogen) atoms. The van der Waals surface area contributed by atoms with Crippen molar-refractivity contribution in [1.82, 2.24) is 0 Å². The predicted octanol–water partition coefficient (Wildman–Crippen LogP) is 3.50. The van der Waals surface area contributed by atoms with Crippen LogP contribution in [0.1, 0.15) is 42.9 Å². The molecule has 2 aliphatic carbocycles. The van der Waals surface area contributed by atoms with Crippen LogP contribution < -0.4 is 5.73 Å². The van der Waals surface area contributed by atoms with E-state index in [2.05, 4.69) is 0 Å². The van der Waals surface area contributed by atoms with Gasteiger partial charge < -0.3 is 10.8 Å². The zero-order valence-corrected chi connectivity index (χ0v) is 11.7. The highest BCUT2D eigenvalue weighted by molar-refractivity contribution is 5.28. The van der Waals surface area contributed by atoms with Gasteiger partial charge >= 0.3 is 6.18 Å². The van der Waals surface area contributed by atoms with Gasteiger partial charge in [-0.2, -0.15) is 13.2 Å². The van der Waals surface area contributed by atoms with E-state index in [1.807, 2.05) is 0 Å². The quantitative estimate of drug-likeness (QED) is 0.897. The van der Waals surface area contributed by atoms with Gasteiger partial charge in [-0.1, -0.05) is 18.6 Å². The van der Waals surface area contributed by atoms with Gasteiger partial charge in [0, 0.05) is 12.0 Å². The van der Waals surface area contributed by atoms with E-state index < -0.39 is 17.8 Å². The Kier molecular flexibility index (Phi) is 3.53. The first-order valence-corrected chi connectivity index (χ1v) is 7.42. The molecule has 0 spiro atoms. The number of aliphatic hydroxyl groups excluding tert-OH is 1. The maximum absolute atomic E-state index is 12.6. The minimum atomic E-state index is -4.35. The summed E-state index contributed by atoms with van der Waals surface area (Å²) in [7, 11) is 0. The summed E-state index contributed by atoms with van der Waals surface area (Å²) >= 11 is 0. The summed E-state index contributed by atoms with van der Waals surface area (Å²) in [6, 6.07) is 4.85. The molecule has 0 aromatic heterocycles. The minimum Gasteiger partial charge on any atom is -0.388 e. The van der Waals surface area contributed by atoms with Crippen molar-refractivity contribution in [1.29, 1.82) is 0 Å². The van der Waals surface area contributed by atoms with Crippen LogP contribution in [-0.4, -0.2) is 11.7 Å².